The molecule has 2 aromatic rings. The smallest absolute Gasteiger partial charge is 0.226 e. The van der Waals surface area contributed by atoms with Crippen LogP contribution >= 0.6 is 23.1 Å². The van der Waals surface area contributed by atoms with Gasteiger partial charge in [0.15, 0.2) is 4.34 Å². The molecule has 0 saturated carbocycles. The lowest BCUT2D eigenvalue weighted by molar-refractivity contribution is -0.117. The first-order valence-electron chi connectivity index (χ1n) is 7.60. The Morgan fingerprint density at radius 3 is 2.70 bits per heavy atom. The Morgan fingerprint density at radius 2 is 2.09 bits per heavy atom. The molecule has 1 N–H and O–H groups in total. The van der Waals surface area contributed by atoms with Gasteiger partial charge in [-0.05, 0) is 37.1 Å². The van der Waals surface area contributed by atoms with Crippen molar-refractivity contribution < 1.29 is 9.53 Å². The summed E-state index contributed by atoms with van der Waals surface area (Å²) in [5.74, 6) is 0.467. The molecule has 1 aromatic carbocycles. The Hall–Kier alpha value is -1.37. The van der Waals surface area contributed by atoms with E-state index in [2.05, 4.69) is 24.1 Å². The van der Waals surface area contributed by atoms with Crippen LogP contribution in [0, 0.1) is 12.8 Å². The number of rotatable bonds is 8. The molecule has 0 unspecified atom stereocenters. The Morgan fingerprint density at radius 1 is 1.35 bits per heavy atom. The van der Waals surface area contributed by atoms with Crippen molar-refractivity contribution in [3.05, 3.63) is 35.3 Å². The average Bonchev–Trinajstić information content (AvgIpc) is 2.91. The number of aromatic nitrogens is 1. The van der Waals surface area contributed by atoms with Gasteiger partial charge >= 0.3 is 0 Å². The minimum absolute atomic E-state index is 0.0234. The topological polar surface area (TPSA) is 51.2 Å². The van der Waals surface area contributed by atoms with Crippen LogP contribution in [0.3, 0.4) is 0 Å². The molecular formula is C17H22N2O2S2. The molecule has 1 amide bonds. The Labute approximate surface area is 145 Å². The monoisotopic (exact) mass is 350 g/mol. The number of carbonyl (C=O) groups is 1. The predicted octanol–water partition coefficient (Wildman–Crippen LogP) is 4.60. The highest BCUT2D eigenvalue weighted by Gasteiger charge is 2.05. The lowest BCUT2D eigenvalue weighted by atomic mass is 10.2. The van der Waals surface area contributed by atoms with Crippen molar-refractivity contribution in [2.45, 2.75) is 36.4 Å². The third-order valence-electron chi connectivity index (χ3n) is 2.87. The summed E-state index contributed by atoms with van der Waals surface area (Å²) in [7, 11) is 0. The van der Waals surface area contributed by atoms with E-state index in [1.807, 2.05) is 36.6 Å². The van der Waals surface area contributed by atoms with E-state index < -0.39 is 0 Å². The van der Waals surface area contributed by atoms with Gasteiger partial charge in [-0.15, -0.1) is 11.3 Å². The highest BCUT2D eigenvalue weighted by Crippen LogP contribution is 2.30. The van der Waals surface area contributed by atoms with Crippen LogP contribution in [-0.4, -0.2) is 24.1 Å². The SMILES string of the molecule is Cc1csc(Sc2ccc(NC(=O)CCOCC(C)C)cc2)n1. The number of nitrogens with zero attached hydrogens (tertiary/aromatic N) is 1. The number of nitrogens with one attached hydrogen (secondary N) is 1. The van der Waals surface area contributed by atoms with Gasteiger partial charge in [-0.2, -0.15) is 0 Å². The summed E-state index contributed by atoms with van der Waals surface area (Å²) in [6, 6.07) is 7.81. The van der Waals surface area contributed by atoms with Crippen LogP contribution in [0.1, 0.15) is 26.0 Å². The number of anilines is 1. The molecule has 2 rings (SSSR count). The largest absolute Gasteiger partial charge is 0.381 e. The molecule has 0 bridgehead atoms. The lowest BCUT2D eigenvalue weighted by Crippen LogP contribution is -2.15. The van der Waals surface area contributed by atoms with Gasteiger partial charge in [0, 0.05) is 28.3 Å². The van der Waals surface area contributed by atoms with Crippen LogP contribution in [0.15, 0.2) is 38.9 Å². The standard InChI is InChI=1S/C17H22N2O2S2/c1-12(2)10-21-9-8-16(20)19-14-4-6-15(7-5-14)23-17-18-13(3)11-22-17/h4-7,11-12H,8-10H2,1-3H3,(H,19,20). The van der Waals surface area contributed by atoms with E-state index in [1.165, 1.54) is 0 Å². The zero-order chi connectivity index (χ0) is 16.7. The van der Waals surface area contributed by atoms with Crippen LogP contribution in [-0.2, 0) is 9.53 Å². The number of carbonyl (C=O) groups excluding carboxylic acids is 1. The van der Waals surface area contributed by atoms with Crippen LogP contribution in [0.2, 0.25) is 0 Å². The van der Waals surface area contributed by atoms with Crippen molar-refractivity contribution in [1.29, 1.82) is 0 Å². The zero-order valence-electron chi connectivity index (χ0n) is 13.7. The van der Waals surface area contributed by atoms with Gasteiger partial charge in [0.1, 0.15) is 0 Å². The van der Waals surface area contributed by atoms with Gasteiger partial charge in [0.2, 0.25) is 5.91 Å². The molecule has 124 valence electrons. The van der Waals surface area contributed by atoms with E-state index in [0.717, 1.165) is 20.6 Å². The normalized spacial score (nSPS) is 11.0. The van der Waals surface area contributed by atoms with Gasteiger partial charge in [-0.3, -0.25) is 4.79 Å². The molecular weight excluding hydrogens is 328 g/mol. The first-order valence-corrected chi connectivity index (χ1v) is 9.30. The van der Waals surface area contributed by atoms with E-state index in [9.17, 15) is 4.79 Å². The van der Waals surface area contributed by atoms with E-state index in [4.69, 9.17) is 4.74 Å². The second-order valence-electron chi connectivity index (χ2n) is 5.65. The Kier molecular flexibility index (Phi) is 7.08. The van der Waals surface area contributed by atoms with Crippen molar-refractivity contribution in [3.63, 3.8) is 0 Å². The van der Waals surface area contributed by atoms with Gasteiger partial charge < -0.3 is 10.1 Å². The summed E-state index contributed by atoms with van der Waals surface area (Å²) in [4.78, 5) is 17.4. The molecule has 0 saturated heterocycles. The molecule has 23 heavy (non-hydrogen) atoms. The number of hydrogen-bond acceptors (Lipinski definition) is 5. The number of thiazole rings is 1. The molecule has 0 fully saturated rings. The second-order valence-corrected chi connectivity index (χ2v) is 7.83. The molecule has 4 nitrogen and oxygen atoms in total. The van der Waals surface area contributed by atoms with Crippen LogP contribution in [0.5, 0.6) is 0 Å². The molecule has 6 heteroatoms. The van der Waals surface area contributed by atoms with E-state index in [0.29, 0.717) is 25.6 Å². The summed E-state index contributed by atoms with van der Waals surface area (Å²) in [6.45, 7) is 7.32. The summed E-state index contributed by atoms with van der Waals surface area (Å²) >= 11 is 3.27. The van der Waals surface area contributed by atoms with Gasteiger partial charge in [0.05, 0.1) is 13.0 Å². The minimum Gasteiger partial charge on any atom is -0.381 e. The number of ether oxygens (including phenoxy) is 1. The molecule has 0 aliphatic heterocycles. The lowest BCUT2D eigenvalue weighted by Gasteiger charge is -2.08. The van der Waals surface area contributed by atoms with Gasteiger partial charge in [0.25, 0.3) is 0 Å². The van der Waals surface area contributed by atoms with E-state index in [-0.39, 0.29) is 5.91 Å². The fraction of sp³-hybridized carbons (Fsp3) is 0.412. The molecule has 0 atom stereocenters. The molecule has 1 heterocycles. The Bertz CT molecular complexity index is 624. The zero-order valence-corrected chi connectivity index (χ0v) is 15.3. The molecule has 0 radical (unpaired) electrons. The van der Waals surface area contributed by atoms with Gasteiger partial charge in [-0.25, -0.2) is 4.98 Å². The molecule has 0 aliphatic carbocycles. The first-order chi connectivity index (χ1) is 11.0. The summed E-state index contributed by atoms with van der Waals surface area (Å²) in [6.07, 6.45) is 0.377. The number of hydrogen-bond donors (Lipinski definition) is 1. The number of benzene rings is 1. The van der Waals surface area contributed by atoms with E-state index >= 15 is 0 Å². The first kappa shape index (κ1) is 18.0. The highest BCUT2D eigenvalue weighted by molar-refractivity contribution is 8.01. The van der Waals surface area contributed by atoms with Crippen LogP contribution in [0.4, 0.5) is 5.69 Å². The maximum absolute atomic E-state index is 11.8. The summed E-state index contributed by atoms with van der Waals surface area (Å²) in [5.41, 5.74) is 1.85. The fourth-order valence-corrected chi connectivity index (χ4v) is 3.60. The third-order valence-corrected chi connectivity index (χ3v) is 4.93. The van der Waals surface area contributed by atoms with Crippen molar-refractivity contribution in [2.75, 3.05) is 18.5 Å². The maximum atomic E-state index is 11.8. The quantitative estimate of drug-likeness (QED) is 0.707. The molecule has 0 spiro atoms. The minimum atomic E-state index is -0.0234. The molecule has 1 aromatic heterocycles. The maximum Gasteiger partial charge on any atom is 0.226 e. The average molecular weight is 351 g/mol. The van der Waals surface area contributed by atoms with Crippen molar-refractivity contribution >= 4 is 34.7 Å². The van der Waals surface area contributed by atoms with Gasteiger partial charge in [-0.1, -0.05) is 25.6 Å². The Balaban J connectivity index is 1.77. The second kappa shape index (κ2) is 9.05. The number of amides is 1. The summed E-state index contributed by atoms with van der Waals surface area (Å²) in [5, 5.41) is 4.92. The molecule has 0 aliphatic rings. The van der Waals surface area contributed by atoms with Crippen molar-refractivity contribution in [1.82, 2.24) is 4.98 Å². The number of aryl methyl sites for hydroxylation is 1. The van der Waals surface area contributed by atoms with Crippen molar-refractivity contribution in [2.24, 2.45) is 5.92 Å². The van der Waals surface area contributed by atoms with Crippen LogP contribution < -0.4 is 5.32 Å². The van der Waals surface area contributed by atoms with Crippen LogP contribution in [0.25, 0.3) is 0 Å². The fourth-order valence-electron chi connectivity index (χ4n) is 1.79. The predicted molar refractivity (Wildman–Crippen MR) is 96.3 cm³/mol. The van der Waals surface area contributed by atoms with E-state index in [1.54, 1.807) is 23.1 Å². The van der Waals surface area contributed by atoms with Crippen molar-refractivity contribution in [3.8, 4) is 0 Å². The summed E-state index contributed by atoms with van der Waals surface area (Å²) < 4.78 is 6.45. The third kappa shape index (κ3) is 6.72. The highest BCUT2D eigenvalue weighted by atomic mass is 32.2.